The quantitative estimate of drug-likeness (QED) is 0.910. The van der Waals surface area contributed by atoms with E-state index in [1.54, 1.807) is 18.0 Å². The van der Waals surface area contributed by atoms with E-state index in [1.807, 2.05) is 42.1 Å². The molecule has 2 atom stereocenters. The second-order valence-electron chi connectivity index (χ2n) is 5.54. The molecule has 0 bridgehead atoms. The fourth-order valence-corrected chi connectivity index (χ4v) is 3.44. The number of rotatable bonds is 4. The zero-order valence-electron chi connectivity index (χ0n) is 12.4. The molecule has 1 aromatic heterocycles. The second-order valence-corrected chi connectivity index (χ2v) is 6.58. The van der Waals surface area contributed by atoms with Gasteiger partial charge in [-0.2, -0.15) is 0 Å². The number of nitrogens with one attached hydrogen (secondary N) is 1. The highest BCUT2D eigenvalue weighted by atomic mass is 32.2. The Bertz CT molecular complexity index is 654. The average Bonchev–Trinajstić information content (AvgIpc) is 3.10. The molecule has 1 heterocycles. The normalized spacial score (nSPS) is 21.0. The molecule has 0 radical (unpaired) electrons. The minimum absolute atomic E-state index is 0.0884. The van der Waals surface area contributed by atoms with Crippen molar-refractivity contribution in [3.05, 3.63) is 36.7 Å². The van der Waals surface area contributed by atoms with E-state index in [9.17, 15) is 9.90 Å². The van der Waals surface area contributed by atoms with Gasteiger partial charge in [-0.25, -0.2) is 4.98 Å². The van der Waals surface area contributed by atoms with Crippen LogP contribution in [-0.4, -0.2) is 26.7 Å². The first kappa shape index (κ1) is 15.1. The van der Waals surface area contributed by atoms with Gasteiger partial charge in [-0.15, -0.1) is 0 Å². The smallest absolute Gasteiger partial charge is 0.230 e. The zero-order chi connectivity index (χ0) is 15.5. The third kappa shape index (κ3) is 3.34. The van der Waals surface area contributed by atoms with Crippen molar-refractivity contribution in [1.29, 1.82) is 0 Å². The Morgan fingerprint density at radius 3 is 2.73 bits per heavy atom. The van der Waals surface area contributed by atoms with Crippen LogP contribution in [-0.2, 0) is 11.8 Å². The molecule has 1 aliphatic rings. The maximum atomic E-state index is 12.1. The highest BCUT2D eigenvalue weighted by Gasteiger charge is 2.31. The fraction of sp³-hybridized carbons (Fsp3) is 0.375. The minimum Gasteiger partial charge on any atom is -0.392 e. The van der Waals surface area contributed by atoms with Crippen molar-refractivity contribution in [2.45, 2.75) is 35.4 Å². The average molecular weight is 317 g/mol. The second kappa shape index (κ2) is 6.54. The number of carbonyl (C=O) groups excluding carboxylic acids is 1. The molecule has 2 unspecified atom stereocenters. The van der Waals surface area contributed by atoms with Gasteiger partial charge in [-0.05, 0) is 43.5 Å². The molecule has 22 heavy (non-hydrogen) atoms. The highest BCUT2D eigenvalue weighted by molar-refractivity contribution is 7.99. The van der Waals surface area contributed by atoms with Gasteiger partial charge < -0.3 is 15.0 Å². The van der Waals surface area contributed by atoms with Crippen molar-refractivity contribution in [2.24, 2.45) is 13.0 Å². The lowest BCUT2D eigenvalue weighted by molar-refractivity contribution is -0.122. The predicted molar refractivity (Wildman–Crippen MR) is 85.8 cm³/mol. The van der Waals surface area contributed by atoms with Crippen LogP contribution in [0.5, 0.6) is 0 Å². The van der Waals surface area contributed by atoms with Crippen molar-refractivity contribution >= 4 is 23.4 Å². The number of amides is 1. The van der Waals surface area contributed by atoms with Crippen LogP contribution >= 0.6 is 11.8 Å². The summed E-state index contributed by atoms with van der Waals surface area (Å²) in [5.74, 6) is -0.365. The van der Waals surface area contributed by atoms with Crippen molar-refractivity contribution in [2.75, 3.05) is 5.32 Å². The first-order valence-corrected chi connectivity index (χ1v) is 8.19. The van der Waals surface area contributed by atoms with Gasteiger partial charge >= 0.3 is 0 Å². The summed E-state index contributed by atoms with van der Waals surface area (Å²) in [5, 5.41) is 13.6. The lowest BCUT2D eigenvalue weighted by Crippen LogP contribution is -2.28. The van der Waals surface area contributed by atoms with E-state index in [4.69, 9.17) is 0 Å². The van der Waals surface area contributed by atoms with E-state index in [1.165, 1.54) is 0 Å². The molecule has 5 nitrogen and oxygen atoms in total. The Kier molecular flexibility index (Phi) is 4.49. The Hall–Kier alpha value is -1.79. The molecule has 1 aromatic carbocycles. The van der Waals surface area contributed by atoms with Crippen molar-refractivity contribution in [3.63, 3.8) is 0 Å². The van der Waals surface area contributed by atoms with Gasteiger partial charge in [0, 0.05) is 30.0 Å². The molecular formula is C16H19N3O2S. The summed E-state index contributed by atoms with van der Waals surface area (Å²) in [6.07, 6.45) is 5.57. The molecule has 1 saturated carbocycles. The molecule has 1 aliphatic carbocycles. The lowest BCUT2D eigenvalue weighted by atomic mass is 10.1. The number of aliphatic hydroxyl groups is 1. The van der Waals surface area contributed by atoms with Crippen LogP contribution in [0.2, 0.25) is 0 Å². The Morgan fingerprint density at radius 1 is 1.36 bits per heavy atom. The van der Waals surface area contributed by atoms with E-state index in [0.29, 0.717) is 0 Å². The van der Waals surface area contributed by atoms with Gasteiger partial charge in [0.2, 0.25) is 5.91 Å². The largest absolute Gasteiger partial charge is 0.392 e. The molecule has 6 heteroatoms. The van der Waals surface area contributed by atoms with E-state index < -0.39 is 6.10 Å². The zero-order valence-corrected chi connectivity index (χ0v) is 13.2. The van der Waals surface area contributed by atoms with E-state index in [-0.39, 0.29) is 11.8 Å². The van der Waals surface area contributed by atoms with Crippen molar-refractivity contribution < 1.29 is 9.90 Å². The Morgan fingerprint density at radius 2 is 2.14 bits per heavy atom. The van der Waals surface area contributed by atoms with Crippen LogP contribution < -0.4 is 5.32 Å². The van der Waals surface area contributed by atoms with Crippen LogP contribution in [0.4, 0.5) is 5.69 Å². The summed E-state index contributed by atoms with van der Waals surface area (Å²) in [5.41, 5.74) is 0.758. The number of imidazole rings is 1. The van der Waals surface area contributed by atoms with Gasteiger partial charge in [-0.1, -0.05) is 11.8 Å². The number of aliphatic hydroxyl groups excluding tert-OH is 1. The van der Waals surface area contributed by atoms with Crippen LogP contribution in [0.3, 0.4) is 0 Å². The topological polar surface area (TPSA) is 67.2 Å². The Labute approximate surface area is 133 Å². The fourth-order valence-electron chi connectivity index (χ4n) is 2.64. The maximum absolute atomic E-state index is 12.1. The summed E-state index contributed by atoms with van der Waals surface area (Å²) < 4.78 is 1.96. The number of carbonyl (C=O) groups is 1. The number of benzene rings is 1. The molecule has 116 valence electrons. The van der Waals surface area contributed by atoms with Crippen LogP contribution in [0, 0.1) is 5.92 Å². The third-order valence-electron chi connectivity index (χ3n) is 3.92. The Balaban J connectivity index is 1.62. The van der Waals surface area contributed by atoms with Gasteiger partial charge in [-0.3, -0.25) is 4.79 Å². The molecule has 2 N–H and O–H groups in total. The van der Waals surface area contributed by atoms with Gasteiger partial charge in [0.15, 0.2) is 5.16 Å². The number of aromatic nitrogens is 2. The van der Waals surface area contributed by atoms with Crippen LogP contribution in [0.25, 0.3) is 0 Å². The number of aryl methyl sites for hydroxylation is 1. The van der Waals surface area contributed by atoms with Gasteiger partial charge in [0.05, 0.1) is 12.0 Å². The summed E-state index contributed by atoms with van der Waals surface area (Å²) >= 11 is 1.57. The third-order valence-corrected chi connectivity index (χ3v) is 5.01. The number of hydrogen-bond acceptors (Lipinski definition) is 4. The van der Waals surface area contributed by atoms with Gasteiger partial charge in [0.25, 0.3) is 0 Å². The first-order chi connectivity index (χ1) is 10.6. The number of anilines is 1. The molecule has 2 aromatic rings. The summed E-state index contributed by atoms with van der Waals surface area (Å²) in [7, 11) is 1.96. The van der Waals surface area contributed by atoms with Crippen molar-refractivity contribution in [3.8, 4) is 0 Å². The highest BCUT2D eigenvalue weighted by Crippen LogP contribution is 2.29. The standard InChI is InChI=1S/C16H19N3O2S/c1-19-10-9-17-16(19)22-12-7-5-11(6-8-12)18-15(21)13-3-2-4-14(13)20/h5-10,13-14,20H,2-4H2,1H3,(H,18,21). The molecule has 1 fully saturated rings. The van der Waals surface area contributed by atoms with E-state index in [0.717, 1.165) is 35.0 Å². The number of hydrogen-bond donors (Lipinski definition) is 2. The van der Waals surface area contributed by atoms with Gasteiger partial charge in [0.1, 0.15) is 0 Å². The minimum atomic E-state index is -0.502. The molecule has 0 spiro atoms. The summed E-state index contributed by atoms with van der Waals surface area (Å²) in [6, 6.07) is 7.68. The van der Waals surface area contributed by atoms with Crippen LogP contribution in [0.15, 0.2) is 46.7 Å². The monoisotopic (exact) mass is 317 g/mol. The SMILES string of the molecule is Cn1ccnc1Sc1ccc(NC(=O)C2CCCC2O)cc1. The molecular weight excluding hydrogens is 298 g/mol. The molecule has 3 rings (SSSR count). The summed E-state index contributed by atoms with van der Waals surface area (Å²) in [4.78, 5) is 17.5. The molecule has 0 saturated heterocycles. The maximum Gasteiger partial charge on any atom is 0.230 e. The van der Waals surface area contributed by atoms with Crippen molar-refractivity contribution in [1.82, 2.24) is 9.55 Å². The molecule has 1 amide bonds. The lowest BCUT2D eigenvalue weighted by Gasteiger charge is -2.14. The number of nitrogens with zero attached hydrogens (tertiary/aromatic N) is 2. The van der Waals surface area contributed by atoms with E-state index >= 15 is 0 Å². The van der Waals surface area contributed by atoms with E-state index in [2.05, 4.69) is 10.3 Å². The molecule has 0 aliphatic heterocycles. The summed E-state index contributed by atoms with van der Waals surface area (Å²) in [6.45, 7) is 0. The first-order valence-electron chi connectivity index (χ1n) is 7.37. The van der Waals surface area contributed by atoms with Crippen LogP contribution in [0.1, 0.15) is 19.3 Å². The predicted octanol–water partition coefficient (Wildman–Crippen LogP) is 2.67.